The Morgan fingerprint density at radius 2 is 1.81 bits per heavy atom. The molecule has 7 N–H and O–H groups in total. The van der Waals surface area contributed by atoms with Gasteiger partial charge in [-0.25, -0.2) is 0 Å². The van der Waals surface area contributed by atoms with E-state index in [-0.39, 0.29) is 6.61 Å². The van der Waals surface area contributed by atoms with E-state index in [1.54, 1.807) is 0 Å². The molecule has 0 spiro atoms. The van der Waals surface area contributed by atoms with Crippen LogP contribution in [0, 0.1) is 0 Å². The van der Waals surface area contributed by atoms with Crippen LogP contribution in [-0.4, -0.2) is 104 Å². The van der Waals surface area contributed by atoms with E-state index in [0.717, 1.165) is 0 Å². The number of ether oxygens (including phenoxy) is 2. The molecule has 0 aromatic rings. The Labute approximate surface area is 119 Å². The number of aliphatic hydroxyl groups excluding tert-OH is 7. The second kappa shape index (κ2) is 8.08. The molecule has 1 heterocycles. The van der Waals surface area contributed by atoms with E-state index in [1.807, 2.05) is 0 Å². The zero-order valence-corrected chi connectivity index (χ0v) is 11.0. The number of Topliss-reactive ketones (excluding diaryl/α,β-unsaturated/α-hetero) is 1. The number of hydrogen-bond acceptors (Lipinski definition) is 10. The van der Waals surface area contributed by atoms with E-state index in [9.17, 15) is 30.3 Å². The van der Waals surface area contributed by atoms with Crippen LogP contribution in [0.15, 0.2) is 0 Å². The van der Waals surface area contributed by atoms with Gasteiger partial charge in [0.05, 0.1) is 13.2 Å². The van der Waals surface area contributed by atoms with E-state index in [0.29, 0.717) is 0 Å². The van der Waals surface area contributed by atoms with Crippen LogP contribution in [0.4, 0.5) is 0 Å². The predicted molar refractivity (Wildman–Crippen MR) is 63.8 cm³/mol. The average molecular weight is 312 g/mol. The van der Waals surface area contributed by atoms with Gasteiger partial charge in [0.25, 0.3) is 0 Å². The predicted octanol–water partition coefficient (Wildman–Crippen LogP) is -4.91. The summed E-state index contributed by atoms with van der Waals surface area (Å²) in [6.45, 7) is -1.94. The molecule has 10 nitrogen and oxygen atoms in total. The summed E-state index contributed by atoms with van der Waals surface area (Å²) in [7, 11) is 0. The topological polar surface area (TPSA) is 177 Å². The van der Waals surface area contributed by atoms with Crippen molar-refractivity contribution in [1.82, 2.24) is 0 Å². The lowest BCUT2D eigenvalue weighted by Crippen LogP contribution is -2.54. The molecule has 0 aromatic heterocycles. The highest BCUT2D eigenvalue weighted by Crippen LogP contribution is 2.16. The van der Waals surface area contributed by atoms with Gasteiger partial charge in [0.2, 0.25) is 0 Å². The summed E-state index contributed by atoms with van der Waals surface area (Å²) in [4.78, 5) is 11.5. The normalized spacial score (nSPS) is 34.2. The zero-order chi connectivity index (χ0) is 16.2. The summed E-state index contributed by atoms with van der Waals surface area (Å²) in [5, 5.41) is 64.6. The summed E-state index contributed by atoms with van der Waals surface area (Å²) >= 11 is 0. The minimum atomic E-state index is -2.00. The second-order valence-electron chi connectivity index (χ2n) is 4.71. The molecule has 1 saturated heterocycles. The van der Waals surface area contributed by atoms with E-state index in [4.69, 9.17) is 19.7 Å². The van der Waals surface area contributed by atoms with E-state index < -0.39 is 61.9 Å². The number of ketones is 1. The molecule has 21 heavy (non-hydrogen) atoms. The van der Waals surface area contributed by atoms with Gasteiger partial charge in [-0.15, -0.1) is 0 Å². The lowest BCUT2D eigenvalue weighted by atomic mass is 10.0. The molecule has 0 aliphatic carbocycles. The zero-order valence-electron chi connectivity index (χ0n) is 11.0. The van der Waals surface area contributed by atoms with Crippen molar-refractivity contribution < 1.29 is 50.0 Å². The van der Waals surface area contributed by atoms with Gasteiger partial charge in [0.1, 0.15) is 43.2 Å². The number of rotatable bonds is 7. The average Bonchev–Trinajstić information content (AvgIpc) is 2.49. The van der Waals surface area contributed by atoms with Gasteiger partial charge in [0.15, 0.2) is 12.1 Å². The van der Waals surface area contributed by atoms with Gasteiger partial charge in [-0.1, -0.05) is 0 Å². The third-order valence-electron chi connectivity index (χ3n) is 3.08. The van der Waals surface area contributed by atoms with E-state index in [2.05, 4.69) is 0 Å². The molecule has 1 fully saturated rings. The van der Waals surface area contributed by atoms with Gasteiger partial charge < -0.3 is 45.2 Å². The fourth-order valence-corrected chi connectivity index (χ4v) is 1.68. The van der Waals surface area contributed by atoms with Crippen molar-refractivity contribution in [2.24, 2.45) is 0 Å². The SMILES string of the molecule is O=C(CO[C@@H]1OC[C@@H](O)[C@H](O)[C@H]1O)[C@@H](O)[C@H](O)[C@@H](O)CO. The van der Waals surface area contributed by atoms with Gasteiger partial charge in [-0.05, 0) is 0 Å². The highest BCUT2D eigenvalue weighted by atomic mass is 16.7. The summed E-state index contributed by atoms with van der Waals surface area (Å²) in [5.74, 6) is -1.02. The summed E-state index contributed by atoms with van der Waals surface area (Å²) in [6, 6.07) is 0. The van der Waals surface area contributed by atoms with Crippen molar-refractivity contribution in [3.63, 3.8) is 0 Å². The van der Waals surface area contributed by atoms with Crippen LogP contribution in [0.3, 0.4) is 0 Å². The number of carbonyl (C=O) groups excluding carboxylic acids is 1. The Balaban J connectivity index is 2.46. The quantitative estimate of drug-likeness (QED) is 0.241. The molecule has 1 aliphatic heterocycles. The van der Waals surface area contributed by atoms with E-state index in [1.165, 1.54) is 0 Å². The van der Waals surface area contributed by atoms with Crippen LogP contribution in [0.1, 0.15) is 0 Å². The van der Waals surface area contributed by atoms with Crippen molar-refractivity contribution in [2.45, 2.75) is 42.9 Å². The van der Waals surface area contributed by atoms with Crippen LogP contribution < -0.4 is 0 Å². The molecule has 0 amide bonds. The van der Waals surface area contributed by atoms with Crippen LogP contribution in [-0.2, 0) is 14.3 Å². The third kappa shape index (κ3) is 4.64. The minimum absolute atomic E-state index is 0.314. The fraction of sp³-hybridized carbons (Fsp3) is 0.909. The molecule has 0 aromatic carbocycles. The Morgan fingerprint density at radius 1 is 1.19 bits per heavy atom. The van der Waals surface area contributed by atoms with E-state index >= 15 is 0 Å². The highest BCUT2D eigenvalue weighted by Gasteiger charge is 2.39. The Morgan fingerprint density at radius 3 is 2.38 bits per heavy atom. The lowest BCUT2D eigenvalue weighted by molar-refractivity contribution is -0.268. The first kappa shape index (κ1) is 18.4. The third-order valence-corrected chi connectivity index (χ3v) is 3.08. The summed E-state index contributed by atoms with van der Waals surface area (Å²) in [5.41, 5.74) is 0. The maximum absolute atomic E-state index is 11.5. The molecule has 10 heteroatoms. The number of carbonyl (C=O) groups is 1. The Bertz CT molecular complexity index is 337. The maximum Gasteiger partial charge on any atom is 0.189 e. The van der Waals surface area contributed by atoms with Crippen LogP contribution in [0.2, 0.25) is 0 Å². The number of hydrogen-bond donors (Lipinski definition) is 7. The summed E-state index contributed by atoms with van der Waals surface area (Å²) in [6.07, 6.45) is -11.4. The van der Waals surface area contributed by atoms with Gasteiger partial charge >= 0.3 is 0 Å². The second-order valence-corrected chi connectivity index (χ2v) is 4.71. The van der Waals surface area contributed by atoms with Crippen LogP contribution >= 0.6 is 0 Å². The molecule has 124 valence electrons. The molecule has 1 aliphatic rings. The largest absolute Gasteiger partial charge is 0.394 e. The fourth-order valence-electron chi connectivity index (χ4n) is 1.68. The van der Waals surface area contributed by atoms with Gasteiger partial charge in [-0.3, -0.25) is 4.79 Å². The Kier molecular flexibility index (Phi) is 7.06. The van der Waals surface area contributed by atoms with Crippen molar-refractivity contribution in [2.75, 3.05) is 19.8 Å². The molecule has 0 unspecified atom stereocenters. The minimum Gasteiger partial charge on any atom is -0.394 e. The summed E-state index contributed by atoms with van der Waals surface area (Å²) < 4.78 is 9.72. The molecular formula is C11H20O10. The van der Waals surface area contributed by atoms with Gasteiger partial charge in [-0.2, -0.15) is 0 Å². The van der Waals surface area contributed by atoms with Crippen LogP contribution in [0.5, 0.6) is 0 Å². The highest BCUT2D eigenvalue weighted by molar-refractivity contribution is 5.84. The lowest BCUT2D eigenvalue weighted by Gasteiger charge is -2.34. The van der Waals surface area contributed by atoms with Crippen molar-refractivity contribution in [3.8, 4) is 0 Å². The number of aliphatic hydroxyl groups is 7. The van der Waals surface area contributed by atoms with Gasteiger partial charge in [0, 0.05) is 0 Å². The van der Waals surface area contributed by atoms with Crippen LogP contribution in [0.25, 0.3) is 0 Å². The van der Waals surface area contributed by atoms with Crippen molar-refractivity contribution in [1.29, 1.82) is 0 Å². The first-order valence-corrected chi connectivity index (χ1v) is 6.24. The standard InChI is InChI=1S/C11H20O10/c12-1-4(13)7(16)8(17)5(14)2-20-11-10(19)9(18)6(15)3-21-11/h4,6-13,15-19H,1-3H2/t4-,6+,7+,8+,9-,10+,11+/m0/s1. The Hall–Kier alpha value is -0.690. The molecule has 1 rings (SSSR count). The molecule has 0 saturated carbocycles. The molecule has 0 bridgehead atoms. The molecular weight excluding hydrogens is 292 g/mol. The first-order chi connectivity index (χ1) is 9.79. The first-order valence-electron chi connectivity index (χ1n) is 6.24. The smallest absolute Gasteiger partial charge is 0.189 e. The van der Waals surface area contributed by atoms with Crippen molar-refractivity contribution >= 4 is 5.78 Å². The molecule has 0 radical (unpaired) electrons. The van der Waals surface area contributed by atoms with Crippen molar-refractivity contribution in [3.05, 3.63) is 0 Å². The maximum atomic E-state index is 11.5. The molecule has 7 atom stereocenters. The monoisotopic (exact) mass is 312 g/mol.